The number of hydrogen-bond acceptors (Lipinski definition) is 2. The summed E-state index contributed by atoms with van der Waals surface area (Å²) < 4.78 is 2.18. The summed E-state index contributed by atoms with van der Waals surface area (Å²) in [5, 5.41) is 0.669. The predicted molar refractivity (Wildman–Crippen MR) is 49.9 cm³/mol. The van der Waals surface area contributed by atoms with Crippen LogP contribution in [0.3, 0.4) is 0 Å². The van der Waals surface area contributed by atoms with Crippen molar-refractivity contribution in [2.45, 2.75) is 25.6 Å². The maximum atomic E-state index is 4.06. The number of aryl methyl sites for hydroxylation is 1. The van der Waals surface area contributed by atoms with Crippen LogP contribution in [0.25, 0.3) is 0 Å². The van der Waals surface area contributed by atoms with Crippen molar-refractivity contribution in [1.82, 2.24) is 9.55 Å². The second-order valence-electron chi connectivity index (χ2n) is 2.73. The van der Waals surface area contributed by atoms with Crippen LogP contribution in [0.4, 0.5) is 0 Å². The first-order valence-corrected chi connectivity index (χ1v) is 5.02. The molecule has 0 aromatic carbocycles. The van der Waals surface area contributed by atoms with Gasteiger partial charge in [0.05, 0.1) is 6.33 Å². The molecular formula is C8H14N2S. The average molecular weight is 170 g/mol. The number of imidazole rings is 1. The summed E-state index contributed by atoms with van der Waals surface area (Å²) >= 11 is 1.88. The van der Waals surface area contributed by atoms with Crippen LogP contribution in [-0.4, -0.2) is 21.1 Å². The molecule has 0 spiro atoms. The van der Waals surface area contributed by atoms with Gasteiger partial charge in [0.1, 0.15) is 0 Å². The lowest BCUT2D eigenvalue weighted by Gasteiger charge is -2.09. The van der Waals surface area contributed by atoms with Gasteiger partial charge in [-0.05, 0) is 13.2 Å². The Morgan fingerprint density at radius 2 is 2.45 bits per heavy atom. The minimum atomic E-state index is 0.669. The number of rotatable bonds is 3. The van der Waals surface area contributed by atoms with E-state index in [1.807, 2.05) is 24.3 Å². The smallest absolute Gasteiger partial charge is 0.0948 e. The van der Waals surface area contributed by atoms with E-state index >= 15 is 0 Å². The predicted octanol–water partition coefficient (Wildman–Crippen LogP) is 1.94. The van der Waals surface area contributed by atoms with Gasteiger partial charge in [0, 0.05) is 23.7 Å². The van der Waals surface area contributed by atoms with Gasteiger partial charge < -0.3 is 4.57 Å². The summed E-state index contributed by atoms with van der Waals surface area (Å²) in [6, 6.07) is 0. The topological polar surface area (TPSA) is 17.8 Å². The van der Waals surface area contributed by atoms with Crippen molar-refractivity contribution in [3.8, 4) is 0 Å². The molecule has 1 rings (SSSR count). The highest BCUT2D eigenvalue weighted by Crippen LogP contribution is 2.09. The van der Waals surface area contributed by atoms with E-state index in [9.17, 15) is 0 Å². The van der Waals surface area contributed by atoms with Gasteiger partial charge in [-0.15, -0.1) is 0 Å². The van der Waals surface area contributed by atoms with Gasteiger partial charge in [-0.1, -0.05) is 6.92 Å². The van der Waals surface area contributed by atoms with Gasteiger partial charge in [-0.2, -0.15) is 11.8 Å². The zero-order valence-electron chi connectivity index (χ0n) is 7.24. The third-order valence-electron chi connectivity index (χ3n) is 1.78. The highest BCUT2D eigenvalue weighted by atomic mass is 32.2. The molecule has 3 heteroatoms. The molecular weight excluding hydrogens is 156 g/mol. The van der Waals surface area contributed by atoms with Crippen molar-refractivity contribution < 1.29 is 0 Å². The number of nitrogens with zero attached hydrogens (tertiary/aromatic N) is 2. The fourth-order valence-corrected chi connectivity index (χ4v) is 1.24. The van der Waals surface area contributed by atoms with Crippen LogP contribution in [-0.2, 0) is 6.54 Å². The molecule has 62 valence electrons. The minimum Gasteiger partial charge on any atom is -0.334 e. The van der Waals surface area contributed by atoms with Crippen LogP contribution in [0, 0.1) is 6.92 Å². The molecule has 0 amide bonds. The van der Waals surface area contributed by atoms with E-state index in [-0.39, 0.29) is 0 Å². The fraction of sp³-hybridized carbons (Fsp3) is 0.625. The first-order valence-electron chi connectivity index (χ1n) is 3.73. The summed E-state index contributed by atoms with van der Waals surface area (Å²) in [7, 11) is 0. The zero-order chi connectivity index (χ0) is 8.27. The van der Waals surface area contributed by atoms with E-state index < -0.39 is 0 Å². The average Bonchev–Trinajstić information content (AvgIpc) is 2.37. The van der Waals surface area contributed by atoms with E-state index in [0.717, 1.165) is 6.54 Å². The molecule has 0 fully saturated rings. The molecule has 2 nitrogen and oxygen atoms in total. The third kappa shape index (κ3) is 2.26. The van der Waals surface area contributed by atoms with Crippen LogP contribution >= 0.6 is 11.8 Å². The molecule has 0 aliphatic rings. The highest BCUT2D eigenvalue weighted by Gasteiger charge is 2.01. The van der Waals surface area contributed by atoms with Gasteiger partial charge in [-0.3, -0.25) is 0 Å². The van der Waals surface area contributed by atoms with Crippen LogP contribution < -0.4 is 0 Å². The number of aromatic nitrogens is 2. The Bertz CT molecular complexity index is 220. The Labute approximate surface area is 72.0 Å². The lowest BCUT2D eigenvalue weighted by molar-refractivity contribution is 0.674. The Hall–Kier alpha value is -0.440. The van der Waals surface area contributed by atoms with Crippen LogP contribution in [0.5, 0.6) is 0 Å². The summed E-state index contributed by atoms with van der Waals surface area (Å²) in [6.45, 7) is 5.37. The maximum absolute atomic E-state index is 4.06. The van der Waals surface area contributed by atoms with Crippen molar-refractivity contribution in [2.24, 2.45) is 0 Å². The monoisotopic (exact) mass is 170 g/mol. The van der Waals surface area contributed by atoms with Crippen molar-refractivity contribution in [2.75, 3.05) is 6.26 Å². The van der Waals surface area contributed by atoms with Gasteiger partial charge in [0.15, 0.2) is 0 Å². The highest BCUT2D eigenvalue weighted by molar-refractivity contribution is 7.99. The second kappa shape index (κ2) is 3.81. The summed E-state index contributed by atoms with van der Waals surface area (Å²) in [5.41, 5.74) is 1.24. The van der Waals surface area contributed by atoms with Gasteiger partial charge in [0.25, 0.3) is 0 Å². The first-order chi connectivity index (χ1) is 5.24. The molecule has 0 N–H and O–H groups in total. The van der Waals surface area contributed by atoms with E-state index in [1.54, 1.807) is 0 Å². The molecule has 0 aliphatic heterocycles. The summed E-state index contributed by atoms with van der Waals surface area (Å²) in [4.78, 5) is 4.06. The molecule has 0 aliphatic carbocycles. The summed E-state index contributed by atoms with van der Waals surface area (Å²) in [5.74, 6) is 0. The van der Waals surface area contributed by atoms with Gasteiger partial charge in [-0.25, -0.2) is 4.98 Å². The van der Waals surface area contributed by atoms with E-state index in [4.69, 9.17) is 0 Å². The third-order valence-corrected chi connectivity index (χ3v) is 2.73. The van der Waals surface area contributed by atoms with Crippen molar-refractivity contribution in [3.05, 3.63) is 18.2 Å². The second-order valence-corrected chi connectivity index (χ2v) is 4.01. The van der Waals surface area contributed by atoms with E-state index in [2.05, 4.69) is 29.7 Å². The van der Waals surface area contributed by atoms with E-state index in [1.165, 1.54) is 5.69 Å². The molecule has 0 saturated heterocycles. The van der Waals surface area contributed by atoms with Gasteiger partial charge >= 0.3 is 0 Å². The van der Waals surface area contributed by atoms with Crippen LogP contribution in [0.2, 0.25) is 0 Å². The maximum Gasteiger partial charge on any atom is 0.0948 e. The quantitative estimate of drug-likeness (QED) is 0.690. The SMILES string of the molecule is CSC(C)Cn1cncc1C. The zero-order valence-corrected chi connectivity index (χ0v) is 8.06. The largest absolute Gasteiger partial charge is 0.334 e. The molecule has 1 aromatic rings. The van der Waals surface area contributed by atoms with Crippen LogP contribution in [0.15, 0.2) is 12.5 Å². The molecule has 1 unspecified atom stereocenters. The molecule has 0 radical (unpaired) electrons. The molecule has 1 atom stereocenters. The minimum absolute atomic E-state index is 0.669. The molecule has 11 heavy (non-hydrogen) atoms. The van der Waals surface area contributed by atoms with Crippen molar-refractivity contribution in [1.29, 1.82) is 0 Å². The molecule has 1 aromatic heterocycles. The standard InChI is InChI=1S/C8H14N2S/c1-7-4-9-6-10(7)5-8(2)11-3/h4,6,8H,5H2,1-3H3. The Morgan fingerprint density at radius 3 is 2.91 bits per heavy atom. The molecule has 1 heterocycles. The number of thioether (sulfide) groups is 1. The first kappa shape index (κ1) is 8.65. The fourth-order valence-electron chi connectivity index (χ4n) is 0.930. The number of hydrogen-bond donors (Lipinski definition) is 0. The lowest BCUT2D eigenvalue weighted by atomic mass is 10.4. The Kier molecular flexibility index (Phi) is 3.00. The molecule has 0 bridgehead atoms. The molecule has 0 saturated carbocycles. The van der Waals surface area contributed by atoms with Crippen molar-refractivity contribution in [3.63, 3.8) is 0 Å². The Balaban J connectivity index is 2.56. The lowest BCUT2D eigenvalue weighted by Crippen LogP contribution is -2.08. The van der Waals surface area contributed by atoms with Gasteiger partial charge in [0.2, 0.25) is 0 Å². The van der Waals surface area contributed by atoms with Crippen molar-refractivity contribution >= 4 is 11.8 Å². The van der Waals surface area contributed by atoms with Crippen LogP contribution in [0.1, 0.15) is 12.6 Å². The van der Waals surface area contributed by atoms with E-state index in [0.29, 0.717) is 5.25 Å². The summed E-state index contributed by atoms with van der Waals surface area (Å²) in [6.07, 6.45) is 5.92. The Morgan fingerprint density at radius 1 is 1.73 bits per heavy atom. The normalized spacial score (nSPS) is 13.4.